The summed E-state index contributed by atoms with van der Waals surface area (Å²) in [4.78, 5) is 0. The van der Waals surface area contributed by atoms with Crippen LogP contribution in [0.3, 0.4) is 0 Å². The van der Waals surface area contributed by atoms with Gasteiger partial charge in [-0.1, -0.05) is 26.7 Å². The van der Waals surface area contributed by atoms with Crippen molar-refractivity contribution in [2.24, 2.45) is 11.8 Å². The summed E-state index contributed by atoms with van der Waals surface area (Å²) < 4.78 is 2.02. The molecule has 2 unspecified atom stereocenters. The fraction of sp³-hybridized carbons (Fsp3) is 0.786. The van der Waals surface area contributed by atoms with Crippen LogP contribution in [-0.2, 0) is 6.54 Å². The molecule has 2 rings (SSSR count). The monoisotopic (exact) mass is 250 g/mol. The average Bonchev–Trinajstić information content (AvgIpc) is 2.85. The number of nitrogens with one attached hydrogen (secondary N) is 1. The van der Waals surface area contributed by atoms with E-state index in [9.17, 15) is 0 Å². The van der Waals surface area contributed by atoms with Gasteiger partial charge < -0.3 is 11.1 Å². The van der Waals surface area contributed by atoms with Gasteiger partial charge in [0.25, 0.3) is 0 Å². The van der Waals surface area contributed by atoms with E-state index in [1.54, 1.807) is 0 Å². The molecular formula is C14H26N4. The second-order valence-electron chi connectivity index (χ2n) is 5.62. The van der Waals surface area contributed by atoms with Crippen LogP contribution in [0.1, 0.15) is 45.2 Å². The molecule has 1 aromatic rings. The Morgan fingerprint density at radius 1 is 1.44 bits per heavy atom. The molecule has 4 heteroatoms. The number of aryl methyl sites for hydroxylation is 2. The van der Waals surface area contributed by atoms with E-state index in [4.69, 9.17) is 5.73 Å². The molecule has 1 saturated carbocycles. The van der Waals surface area contributed by atoms with Crippen LogP contribution in [0.15, 0.2) is 0 Å². The smallest absolute Gasteiger partial charge is 0.148 e. The summed E-state index contributed by atoms with van der Waals surface area (Å²) >= 11 is 0. The lowest BCUT2D eigenvalue weighted by Crippen LogP contribution is -2.19. The van der Waals surface area contributed by atoms with E-state index in [0.29, 0.717) is 0 Å². The van der Waals surface area contributed by atoms with Gasteiger partial charge in [0.1, 0.15) is 5.82 Å². The predicted octanol–water partition coefficient (Wildman–Crippen LogP) is 3.03. The summed E-state index contributed by atoms with van der Waals surface area (Å²) in [5.74, 6) is 2.64. The minimum Gasteiger partial charge on any atom is -0.394 e. The second kappa shape index (κ2) is 5.63. The Morgan fingerprint density at radius 3 is 2.83 bits per heavy atom. The fourth-order valence-electron chi connectivity index (χ4n) is 2.91. The number of rotatable bonds is 5. The van der Waals surface area contributed by atoms with Crippen molar-refractivity contribution in [1.82, 2.24) is 9.78 Å². The molecule has 0 spiro atoms. The normalized spacial score (nSPS) is 23.5. The van der Waals surface area contributed by atoms with Gasteiger partial charge in [0, 0.05) is 13.1 Å². The van der Waals surface area contributed by atoms with E-state index >= 15 is 0 Å². The molecule has 1 heterocycles. The van der Waals surface area contributed by atoms with Crippen LogP contribution in [-0.4, -0.2) is 16.3 Å². The van der Waals surface area contributed by atoms with Crippen molar-refractivity contribution >= 4 is 11.5 Å². The Morgan fingerprint density at radius 2 is 2.22 bits per heavy atom. The van der Waals surface area contributed by atoms with Crippen molar-refractivity contribution in [1.29, 1.82) is 0 Å². The lowest BCUT2D eigenvalue weighted by atomic mass is 9.98. The van der Waals surface area contributed by atoms with Gasteiger partial charge in [-0.15, -0.1) is 0 Å². The summed E-state index contributed by atoms with van der Waals surface area (Å²) in [7, 11) is 0. The fourth-order valence-corrected chi connectivity index (χ4v) is 2.91. The number of aromatic nitrogens is 2. The van der Waals surface area contributed by atoms with Crippen LogP contribution in [0.2, 0.25) is 0 Å². The van der Waals surface area contributed by atoms with Gasteiger partial charge in [-0.05, 0) is 31.6 Å². The highest BCUT2D eigenvalue weighted by atomic mass is 15.3. The molecule has 1 fully saturated rings. The molecule has 3 N–H and O–H groups in total. The molecule has 4 nitrogen and oxygen atoms in total. The predicted molar refractivity (Wildman–Crippen MR) is 76.7 cm³/mol. The van der Waals surface area contributed by atoms with Crippen molar-refractivity contribution in [3.05, 3.63) is 5.69 Å². The number of nitrogens with two attached hydrogens (primary N) is 1. The molecule has 1 aromatic heterocycles. The number of hydrogen-bond acceptors (Lipinski definition) is 3. The van der Waals surface area contributed by atoms with Crippen LogP contribution in [0.25, 0.3) is 0 Å². The zero-order chi connectivity index (χ0) is 13.1. The van der Waals surface area contributed by atoms with Gasteiger partial charge in [0.05, 0.1) is 11.4 Å². The third-order valence-corrected chi connectivity index (χ3v) is 4.18. The maximum absolute atomic E-state index is 6.11. The van der Waals surface area contributed by atoms with Gasteiger partial charge in [-0.3, -0.25) is 0 Å². The van der Waals surface area contributed by atoms with Gasteiger partial charge in [-0.25, -0.2) is 4.68 Å². The van der Waals surface area contributed by atoms with E-state index < -0.39 is 0 Å². The summed E-state index contributed by atoms with van der Waals surface area (Å²) in [6.07, 6.45) is 5.16. The first-order valence-corrected chi connectivity index (χ1v) is 7.20. The summed E-state index contributed by atoms with van der Waals surface area (Å²) in [6.45, 7) is 8.46. The molecule has 102 valence electrons. The lowest BCUT2D eigenvalue weighted by Gasteiger charge is -2.17. The first-order chi connectivity index (χ1) is 8.63. The topological polar surface area (TPSA) is 55.9 Å². The molecular weight excluding hydrogens is 224 g/mol. The van der Waals surface area contributed by atoms with Crippen molar-refractivity contribution in [3.8, 4) is 0 Å². The van der Waals surface area contributed by atoms with E-state index in [1.165, 1.54) is 19.3 Å². The van der Waals surface area contributed by atoms with Crippen LogP contribution >= 0.6 is 0 Å². The Kier molecular flexibility index (Phi) is 4.15. The molecule has 0 aromatic carbocycles. The van der Waals surface area contributed by atoms with Crippen molar-refractivity contribution in [2.45, 2.75) is 53.0 Å². The number of nitrogens with zero attached hydrogens (tertiary/aromatic N) is 2. The molecule has 2 atom stereocenters. The van der Waals surface area contributed by atoms with E-state index in [0.717, 1.165) is 48.5 Å². The average molecular weight is 250 g/mol. The molecule has 0 aliphatic heterocycles. The number of anilines is 2. The highest BCUT2D eigenvalue weighted by Gasteiger charge is 2.23. The largest absolute Gasteiger partial charge is 0.394 e. The first-order valence-electron chi connectivity index (χ1n) is 7.20. The zero-order valence-electron chi connectivity index (χ0n) is 11.9. The van der Waals surface area contributed by atoms with E-state index in [-0.39, 0.29) is 0 Å². The summed E-state index contributed by atoms with van der Waals surface area (Å²) in [5, 5.41) is 8.03. The number of hydrogen-bond donors (Lipinski definition) is 2. The van der Waals surface area contributed by atoms with Crippen molar-refractivity contribution in [3.63, 3.8) is 0 Å². The Bertz CT molecular complexity index is 397. The molecule has 18 heavy (non-hydrogen) atoms. The lowest BCUT2D eigenvalue weighted by molar-refractivity contribution is 0.438. The number of nitrogen functional groups attached to an aromatic ring is 1. The van der Waals surface area contributed by atoms with Gasteiger partial charge in [0.15, 0.2) is 0 Å². The quantitative estimate of drug-likeness (QED) is 0.844. The molecule has 0 amide bonds. The second-order valence-corrected chi connectivity index (χ2v) is 5.62. The van der Waals surface area contributed by atoms with Gasteiger partial charge >= 0.3 is 0 Å². The Hall–Kier alpha value is -1.19. The zero-order valence-corrected chi connectivity index (χ0v) is 11.9. The van der Waals surface area contributed by atoms with Crippen LogP contribution in [0, 0.1) is 18.8 Å². The van der Waals surface area contributed by atoms with E-state index in [1.807, 2.05) is 11.6 Å². The van der Waals surface area contributed by atoms with Crippen molar-refractivity contribution in [2.75, 3.05) is 17.6 Å². The standard InChI is InChI=1S/C14H26N4/c1-4-8-18-14(13(15)11(3)17-18)16-9-12-7-5-6-10(12)2/h10,12,16H,4-9,15H2,1-3H3. The Balaban J connectivity index is 2.03. The molecule has 1 aliphatic carbocycles. The van der Waals surface area contributed by atoms with Crippen molar-refractivity contribution < 1.29 is 0 Å². The minimum atomic E-state index is 0.787. The van der Waals surface area contributed by atoms with E-state index in [2.05, 4.69) is 24.3 Å². The Labute approximate surface area is 110 Å². The molecule has 0 saturated heterocycles. The highest BCUT2D eigenvalue weighted by Crippen LogP contribution is 2.32. The summed E-state index contributed by atoms with van der Waals surface area (Å²) in [5.41, 5.74) is 7.86. The highest BCUT2D eigenvalue weighted by molar-refractivity contribution is 5.64. The SMILES string of the molecule is CCCn1nc(C)c(N)c1NCC1CCCC1C. The maximum Gasteiger partial charge on any atom is 0.148 e. The third-order valence-electron chi connectivity index (χ3n) is 4.18. The van der Waals surface area contributed by atoms with Gasteiger partial charge in [-0.2, -0.15) is 5.10 Å². The molecule has 0 bridgehead atoms. The third kappa shape index (κ3) is 2.62. The summed E-state index contributed by atoms with van der Waals surface area (Å²) in [6, 6.07) is 0. The van der Waals surface area contributed by atoms with Crippen LogP contribution < -0.4 is 11.1 Å². The van der Waals surface area contributed by atoms with Crippen LogP contribution in [0.5, 0.6) is 0 Å². The van der Waals surface area contributed by atoms with Gasteiger partial charge in [0.2, 0.25) is 0 Å². The molecule has 0 radical (unpaired) electrons. The minimum absolute atomic E-state index is 0.787. The van der Waals surface area contributed by atoms with Crippen LogP contribution in [0.4, 0.5) is 11.5 Å². The first kappa shape index (κ1) is 13.2. The maximum atomic E-state index is 6.11. The molecule has 1 aliphatic rings.